The summed E-state index contributed by atoms with van der Waals surface area (Å²) in [7, 11) is 0. The molecule has 0 N–H and O–H groups in total. The van der Waals surface area contributed by atoms with Gasteiger partial charge in [0.1, 0.15) is 5.82 Å². The number of hydrogen-bond acceptors (Lipinski definition) is 1. The SMILES string of the molecule is CC(=O)N1Cc2cc(-c3ccccc3)c(F)cc2/C=C\c2cc(Cl)ccc21. The molecule has 1 amide bonds. The molecule has 27 heavy (non-hydrogen) atoms. The molecule has 0 radical (unpaired) electrons. The Morgan fingerprint density at radius 2 is 1.74 bits per heavy atom. The van der Waals surface area contributed by atoms with Crippen molar-refractivity contribution in [1.82, 2.24) is 0 Å². The van der Waals surface area contributed by atoms with Crippen molar-refractivity contribution in [3.63, 3.8) is 0 Å². The van der Waals surface area contributed by atoms with Gasteiger partial charge < -0.3 is 4.90 Å². The molecule has 1 aliphatic heterocycles. The van der Waals surface area contributed by atoms with Crippen molar-refractivity contribution in [2.75, 3.05) is 4.90 Å². The lowest BCUT2D eigenvalue weighted by molar-refractivity contribution is -0.116. The Kier molecular flexibility index (Phi) is 4.54. The average Bonchev–Trinajstić information content (AvgIpc) is 2.65. The summed E-state index contributed by atoms with van der Waals surface area (Å²) in [4.78, 5) is 14.0. The van der Waals surface area contributed by atoms with Crippen LogP contribution in [0.4, 0.5) is 10.1 Å². The molecule has 0 aliphatic carbocycles. The lowest BCUT2D eigenvalue weighted by Gasteiger charge is -2.26. The number of fused-ring (bicyclic) bond motifs is 2. The van der Waals surface area contributed by atoms with Gasteiger partial charge in [-0.05, 0) is 52.6 Å². The predicted molar refractivity (Wildman–Crippen MR) is 109 cm³/mol. The Morgan fingerprint density at radius 1 is 1.00 bits per heavy atom. The van der Waals surface area contributed by atoms with Crippen LogP contribution < -0.4 is 4.90 Å². The van der Waals surface area contributed by atoms with Crippen LogP contribution >= 0.6 is 11.6 Å². The molecule has 1 aliphatic rings. The molecule has 3 aromatic carbocycles. The normalized spacial score (nSPS) is 14.0. The standard InChI is InChI=1S/C23H17ClFNO/c1-15(27)26-14-19-12-21(16-5-3-2-4-6-16)22(25)13-17(19)7-8-18-11-20(24)9-10-23(18)26/h2-13H,14H2,1H3/b8-7-. The second-order valence-corrected chi connectivity index (χ2v) is 6.97. The van der Waals surface area contributed by atoms with E-state index in [1.807, 2.05) is 60.7 Å². The summed E-state index contributed by atoms with van der Waals surface area (Å²) in [6.45, 7) is 1.90. The molecule has 0 unspecified atom stereocenters. The number of halogens is 2. The van der Waals surface area contributed by atoms with Gasteiger partial charge in [-0.1, -0.05) is 54.1 Å². The number of anilines is 1. The molecule has 2 nitrogen and oxygen atoms in total. The highest BCUT2D eigenvalue weighted by atomic mass is 35.5. The van der Waals surface area contributed by atoms with Crippen LogP contribution in [-0.2, 0) is 11.3 Å². The fourth-order valence-electron chi connectivity index (χ4n) is 3.39. The van der Waals surface area contributed by atoms with Crippen molar-refractivity contribution < 1.29 is 9.18 Å². The van der Waals surface area contributed by atoms with Crippen molar-refractivity contribution >= 4 is 35.3 Å². The van der Waals surface area contributed by atoms with Gasteiger partial charge in [0.15, 0.2) is 0 Å². The fraction of sp³-hybridized carbons (Fsp3) is 0.0870. The first-order chi connectivity index (χ1) is 13.0. The summed E-state index contributed by atoms with van der Waals surface area (Å²) in [5.41, 5.74) is 4.61. The Morgan fingerprint density at radius 3 is 2.48 bits per heavy atom. The average molecular weight is 378 g/mol. The van der Waals surface area contributed by atoms with Gasteiger partial charge >= 0.3 is 0 Å². The summed E-state index contributed by atoms with van der Waals surface area (Å²) in [6, 6.07) is 18.2. The molecule has 0 saturated heterocycles. The van der Waals surface area contributed by atoms with Crippen molar-refractivity contribution in [3.05, 3.63) is 88.2 Å². The molecule has 0 fully saturated rings. The number of benzene rings is 3. The molecule has 0 saturated carbocycles. The van der Waals surface area contributed by atoms with Gasteiger partial charge in [0.05, 0.1) is 12.2 Å². The van der Waals surface area contributed by atoms with Crippen molar-refractivity contribution in [2.45, 2.75) is 13.5 Å². The molecule has 0 aromatic heterocycles. The highest BCUT2D eigenvalue weighted by Crippen LogP contribution is 2.33. The monoisotopic (exact) mass is 377 g/mol. The number of hydrogen-bond donors (Lipinski definition) is 0. The number of carbonyl (C=O) groups excluding carboxylic acids is 1. The highest BCUT2D eigenvalue weighted by Gasteiger charge is 2.20. The number of amides is 1. The van der Waals surface area contributed by atoms with E-state index in [-0.39, 0.29) is 11.7 Å². The van der Waals surface area contributed by atoms with Crippen LogP contribution in [0.2, 0.25) is 5.02 Å². The number of carbonyl (C=O) groups is 1. The summed E-state index contributed by atoms with van der Waals surface area (Å²) in [5, 5.41) is 0.591. The van der Waals surface area contributed by atoms with E-state index in [0.29, 0.717) is 17.1 Å². The topological polar surface area (TPSA) is 20.3 Å². The van der Waals surface area contributed by atoms with Crippen LogP contribution in [0.5, 0.6) is 0 Å². The van der Waals surface area contributed by atoms with Crippen LogP contribution in [0, 0.1) is 5.82 Å². The maximum Gasteiger partial charge on any atom is 0.224 e. The van der Waals surface area contributed by atoms with E-state index in [1.165, 1.54) is 13.0 Å². The van der Waals surface area contributed by atoms with E-state index >= 15 is 0 Å². The lowest BCUT2D eigenvalue weighted by atomic mass is 9.95. The van der Waals surface area contributed by atoms with Gasteiger partial charge in [0, 0.05) is 17.5 Å². The Balaban J connectivity index is 1.89. The van der Waals surface area contributed by atoms with Crippen LogP contribution in [0.25, 0.3) is 23.3 Å². The molecule has 0 bridgehead atoms. The molecular formula is C23H17ClFNO. The maximum absolute atomic E-state index is 14.8. The summed E-state index contributed by atoms with van der Waals surface area (Å²) < 4.78 is 14.8. The first-order valence-electron chi connectivity index (χ1n) is 8.66. The van der Waals surface area contributed by atoms with Gasteiger partial charge in [0.2, 0.25) is 5.91 Å². The molecule has 3 aromatic rings. The molecule has 0 spiro atoms. The minimum Gasteiger partial charge on any atom is -0.308 e. The fourth-order valence-corrected chi connectivity index (χ4v) is 3.57. The van der Waals surface area contributed by atoms with E-state index in [0.717, 1.165) is 27.9 Å². The Hall–Kier alpha value is -2.91. The third-order valence-electron chi connectivity index (χ3n) is 4.75. The third-order valence-corrected chi connectivity index (χ3v) is 4.98. The molecule has 0 atom stereocenters. The zero-order chi connectivity index (χ0) is 19.0. The van der Waals surface area contributed by atoms with Gasteiger partial charge in [-0.15, -0.1) is 0 Å². The second-order valence-electron chi connectivity index (χ2n) is 6.54. The van der Waals surface area contributed by atoms with Crippen molar-refractivity contribution in [2.24, 2.45) is 0 Å². The van der Waals surface area contributed by atoms with E-state index < -0.39 is 0 Å². The van der Waals surface area contributed by atoms with Gasteiger partial charge in [-0.25, -0.2) is 4.39 Å². The van der Waals surface area contributed by atoms with E-state index in [4.69, 9.17) is 11.6 Å². The van der Waals surface area contributed by atoms with E-state index in [1.54, 1.807) is 11.0 Å². The zero-order valence-corrected chi connectivity index (χ0v) is 15.5. The zero-order valence-electron chi connectivity index (χ0n) is 14.7. The van der Waals surface area contributed by atoms with Gasteiger partial charge in [-0.2, -0.15) is 0 Å². The molecular weight excluding hydrogens is 361 g/mol. The summed E-state index contributed by atoms with van der Waals surface area (Å²) in [6.07, 6.45) is 3.75. The van der Waals surface area contributed by atoms with Crippen molar-refractivity contribution in [1.29, 1.82) is 0 Å². The first-order valence-corrected chi connectivity index (χ1v) is 9.04. The smallest absolute Gasteiger partial charge is 0.224 e. The van der Waals surface area contributed by atoms with Crippen LogP contribution in [-0.4, -0.2) is 5.91 Å². The maximum atomic E-state index is 14.8. The lowest BCUT2D eigenvalue weighted by Crippen LogP contribution is -2.29. The highest BCUT2D eigenvalue weighted by molar-refractivity contribution is 6.30. The quantitative estimate of drug-likeness (QED) is 0.495. The van der Waals surface area contributed by atoms with Crippen LogP contribution in [0.3, 0.4) is 0 Å². The third kappa shape index (κ3) is 3.38. The summed E-state index contributed by atoms with van der Waals surface area (Å²) >= 11 is 6.11. The number of rotatable bonds is 1. The van der Waals surface area contributed by atoms with Gasteiger partial charge in [-0.3, -0.25) is 4.79 Å². The van der Waals surface area contributed by atoms with Gasteiger partial charge in [0.25, 0.3) is 0 Å². The second kappa shape index (κ2) is 7.01. The minimum atomic E-state index is -0.286. The molecule has 134 valence electrons. The van der Waals surface area contributed by atoms with Crippen LogP contribution in [0.15, 0.2) is 60.7 Å². The predicted octanol–water partition coefficient (Wildman–Crippen LogP) is 6.18. The van der Waals surface area contributed by atoms with E-state index in [9.17, 15) is 9.18 Å². The number of nitrogens with zero attached hydrogens (tertiary/aromatic N) is 1. The minimum absolute atomic E-state index is 0.0783. The largest absolute Gasteiger partial charge is 0.308 e. The Bertz CT molecular complexity index is 1060. The molecule has 4 rings (SSSR count). The van der Waals surface area contributed by atoms with E-state index in [2.05, 4.69) is 0 Å². The Labute approximate surface area is 162 Å². The van der Waals surface area contributed by atoms with Crippen LogP contribution in [0.1, 0.15) is 23.6 Å². The first kappa shape index (κ1) is 17.5. The summed E-state index contributed by atoms with van der Waals surface area (Å²) in [5.74, 6) is -0.365. The van der Waals surface area contributed by atoms with Crippen molar-refractivity contribution in [3.8, 4) is 11.1 Å². The molecule has 1 heterocycles. The molecule has 4 heteroatoms.